The van der Waals surface area contributed by atoms with Gasteiger partial charge in [0.05, 0.1) is 20.0 Å². The van der Waals surface area contributed by atoms with Crippen LogP contribution in [-0.4, -0.2) is 66.9 Å². The number of aromatic nitrogens is 4. The summed E-state index contributed by atoms with van der Waals surface area (Å²) >= 11 is 0. The van der Waals surface area contributed by atoms with Crippen LogP contribution in [0.5, 0.6) is 5.75 Å². The van der Waals surface area contributed by atoms with Gasteiger partial charge >= 0.3 is 0 Å². The molecule has 3 aromatic rings. The molecule has 5 atom stereocenters. The smallest absolute Gasteiger partial charge is 0.167 e. The molecule has 0 saturated carbocycles. The highest BCUT2D eigenvalue weighted by atomic mass is 16.6. The van der Waals surface area contributed by atoms with E-state index in [1.807, 2.05) is 18.2 Å². The third-order valence-corrected chi connectivity index (χ3v) is 6.32. The van der Waals surface area contributed by atoms with Crippen LogP contribution in [-0.2, 0) is 16.8 Å². The lowest BCUT2D eigenvalue weighted by molar-refractivity contribution is -0.0511. The molecular formula is C21H26N6O5. The molecule has 1 aliphatic carbocycles. The molecule has 3 heterocycles. The predicted octanol–water partition coefficient (Wildman–Crippen LogP) is 0.00630. The quantitative estimate of drug-likeness (QED) is 0.340. The molecule has 0 amide bonds. The number of nitrogens with two attached hydrogens (primary N) is 1. The number of rotatable bonds is 5. The van der Waals surface area contributed by atoms with Crippen molar-refractivity contribution in [2.45, 2.75) is 49.5 Å². The number of anilines is 1. The van der Waals surface area contributed by atoms with E-state index in [1.165, 1.54) is 17.2 Å². The van der Waals surface area contributed by atoms with Gasteiger partial charge in [-0.2, -0.15) is 0 Å². The van der Waals surface area contributed by atoms with Crippen LogP contribution in [0.1, 0.15) is 30.2 Å². The van der Waals surface area contributed by atoms with Crippen LogP contribution in [0.25, 0.3) is 11.2 Å². The van der Waals surface area contributed by atoms with Gasteiger partial charge < -0.3 is 35.8 Å². The van der Waals surface area contributed by atoms with E-state index in [0.29, 0.717) is 23.4 Å². The first kappa shape index (κ1) is 21.0. The van der Waals surface area contributed by atoms with Crippen LogP contribution >= 0.6 is 0 Å². The molecule has 32 heavy (non-hydrogen) atoms. The number of aliphatic hydroxyl groups is 3. The van der Waals surface area contributed by atoms with Crippen molar-refractivity contribution in [2.75, 3.05) is 19.0 Å². The third kappa shape index (κ3) is 3.21. The summed E-state index contributed by atoms with van der Waals surface area (Å²) in [7, 11) is 1.65. The van der Waals surface area contributed by atoms with Gasteiger partial charge in [0.25, 0.3) is 0 Å². The second-order valence-electron chi connectivity index (χ2n) is 8.21. The Morgan fingerprint density at radius 2 is 2.12 bits per heavy atom. The fraction of sp³-hybridized carbons (Fsp3) is 0.476. The average Bonchev–Trinajstić information content (AvgIpc) is 3.35. The molecule has 5 rings (SSSR count). The van der Waals surface area contributed by atoms with E-state index < -0.39 is 36.8 Å². The van der Waals surface area contributed by atoms with E-state index in [-0.39, 0.29) is 0 Å². The fourth-order valence-corrected chi connectivity index (χ4v) is 4.69. The lowest BCUT2D eigenvalue weighted by atomic mass is 9.82. The molecule has 1 saturated heterocycles. The normalized spacial score (nSPS) is 29.8. The van der Waals surface area contributed by atoms with Crippen LogP contribution in [0.3, 0.4) is 0 Å². The number of imidazole rings is 1. The van der Waals surface area contributed by atoms with Crippen LogP contribution < -0.4 is 15.8 Å². The molecule has 11 nitrogen and oxygen atoms in total. The number of benzene rings is 1. The van der Waals surface area contributed by atoms with Gasteiger partial charge in [-0.05, 0) is 30.9 Å². The minimum absolute atomic E-state index is 0.405. The van der Waals surface area contributed by atoms with Crippen molar-refractivity contribution in [3.05, 3.63) is 42.0 Å². The molecule has 0 radical (unpaired) electrons. The summed E-state index contributed by atoms with van der Waals surface area (Å²) in [5.74, 6) is 1.25. The largest absolute Gasteiger partial charge is 0.496 e. The van der Waals surface area contributed by atoms with Crippen molar-refractivity contribution in [1.82, 2.24) is 19.5 Å². The summed E-state index contributed by atoms with van der Waals surface area (Å²) in [6, 6.07) is 5.83. The van der Waals surface area contributed by atoms with E-state index in [0.717, 1.165) is 29.7 Å². The Balaban J connectivity index is 1.51. The van der Waals surface area contributed by atoms with Gasteiger partial charge in [0, 0.05) is 5.56 Å². The number of hydrogen-bond donors (Lipinski definition) is 5. The van der Waals surface area contributed by atoms with Crippen LogP contribution in [0.2, 0.25) is 0 Å². The first-order valence-corrected chi connectivity index (χ1v) is 10.5. The van der Waals surface area contributed by atoms with Gasteiger partial charge in [0.2, 0.25) is 0 Å². The first-order valence-electron chi connectivity index (χ1n) is 10.5. The monoisotopic (exact) mass is 442 g/mol. The maximum absolute atomic E-state index is 10.4. The minimum Gasteiger partial charge on any atom is -0.496 e. The van der Waals surface area contributed by atoms with Crippen molar-refractivity contribution >= 4 is 17.0 Å². The lowest BCUT2D eigenvalue weighted by Crippen LogP contribution is -2.47. The van der Waals surface area contributed by atoms with Gasteiger partial charge in [-0.15, -0.1) is 0 Å². The molecule has 2 aromatic heterocycles. The van der Waals surface area contributed by atoms with E-state index in [2.05, 4.69) is 20.3 Å². The number of ether oxygens (including phenoxy) is 2. The van der Waals surface area contributed by atoms with Crippen molar-refractivity contribution in [2.24, 2.45) is 5.73 Å². The molecule has 11 heteroatoms. The Kier molecular flexibility index (Phi) is 5.22. The molecule has 1 unspecified atom stereocenters. The number of fused-ring (bicyclic) bond motifs is 2. The summed E-state index contributed by atoms with van der Waals surface area (Å²) < 4.78 is 12.7. The number of aliphatic hydroxyl groups excluding tert-OH is 3. The highest BCUT2D eigenvalue weighted by molar-refractivity contribution is 5.83. The van der Waals surface area contributed by atoms with E-state index >= 15 is 0 Å². The van der Waals surface area contributed by atoms with Crippen molar-refractivity contribution in [1.29, 1.82) is 0 Å². The summed E-state index contributed by atoms with van der Waals surface area (Å²) in [4.78, 5) is 13.1. The second kappa shape index (κ2) is 7.94. The highest BCUT2D eigenvalue weighted by Crippen LogP contribution is 2.39. The van der Waals surface area contributed by atoms with E-state index in [9.17, 15) is 15.3 Å². The summed E-state index contributed by atoms with van der Waals surface area (Å²) in [6.07, 6.45) is 0.982. The summed E-state index contributed by atoms with van der Waals surface area (Å²) in [6.45, 7) is -0.415. The zero-order valence-corrected chi connectivity index (χ0v) is 17.5. The Morgan fingerprint density at radius 1 is 1.28 bits per heavy atom. The number of nitrogens with one attached hydrogen (secondary N) is 1. The van der Waals surface area contributed by atoms with Crippen LogP contribution in [0.15, 0.2) is 30.9 Å². The Hall–Kier alpha value is -2.83. The Labute approximate surface area is 183 Å². The van der Waals surface area contributed by atoms with Crippen molar-refractivity contribution in [3.63, 3.8) is 0 Å². The van der Waals surface area contributed by atoms with Crippen LogP contribution in [0.4, 0.5) is 5.82 Å². The number of hydrogen-bond acceptors (Lipinski definition) is 10. The van der Waals surface area contributed by atoms with E-state index in [4.69, 9.17) is 15.2 Å². The zero-order chi connectivity index (χ0) is 22.5. The van der Waals surface area contributed by atoms with Gasteiger partial charge in [-0.25, -0.2) is 15.0 Å². The molecule has 2 aliphatic rings. The molecular weight excluding hydrogens is 416 g/mol. The molecule has 0 bridgehead atoms. The minimum atomic E-state index is -1.24. The average molecular weight is 442 g/mol. The topological polar surface area (TPSA) is 161 Å². The molecule has 6 N–H and O–H groups in total. The van der Waals surface area contributed by atoms with Gasteiger partial charge in [-0.1, -0.05) is 12.1 Å². The molecule has 170 valence electrons. The Bertz CT molecular complexity index is 1140. The third-order valence-electron chi connectivity index (χ3n) is 6.32. The second-order valence-corrected chi connectivity index (χ2v) is 8.21. The number of nitrogens with zero attached hydrogens (tertiary/aromatic N) is 4. The van der Waals surface area contributed by atoms with Crippen molar-refractivity contribution < 1.29 is 24.8 Å². The molecule has 1 aliphatic heterocycles. The van der Waals surface area contributed by atoms with Gasteiger partial charge in [0.15, 0.2) is 23.2 Å². The molecule has 0 spiro atoms. The SMILES string of the molecule is COc1cccc2c1CCCC2(N)Nc1ncnc2c1ncn2[C@H]1O[C@H](CO)[C@@H](O)[C@H]1O. The van der Waals surface area contributed by atoms with E-state index in [1.54, 1.807) is 7.11 Å². The van der Waals surface area contributed by atoms with Crippen LogP contribution in [0, 0.1) is 0 Å². The maximum Gasteiger partial charge on any atom is 0.167 e. The van der Waals surface area contributed by atoms with Gasteiger partial charge in [-0.3, -0.25) is 4.57 Å². The standard InChI is InChI=1S/C21H26N6O5/c1-31-13-6-2-5-12-11(13)4-3-7-21(12,22)26-18-15-19(24-9-23-18)27(10-25-15)20-17(30)16(29)14(8-28)32-20/h2,5-6,9-10,14,16-17,20,28-30H,3-4,7-8,22H2,1H3,(H,23,24,26)/t14-,16-,17-,20+,21?/m1/s1. The lowest BCUT2D eigenvalue weighted by Gasteiger charge is -2.37. The highest BCUT2D eigenvalue weighted by Gasteiger charge is 2.44. The molecule has 1 aromatic carbocycles. The molecule has 1 fully saturated rings. The maximum atomic E-state index is 10.4. The fourth-order valence-electron chi connectivity index (χ4n) is 4.69. The number of methoxy groups -OCH3 is 1. The predicted molar refractivity (Wildman–Crippen MR) is 114 cm³/mol. The van der Waals surface area contributed by atoms with Gasteiger partial charge in [0.1, 0.15) is 36.1 Å². The zero-order valence-electron chi connectivity index (χ0n) is 17.5. The Morgan fingerprint density at radius 3 is 2.88 bits per heavy atom. The first-order chi connectivity index (χ1) is 15.5. The summed E-state index contributed by atoms with van der Waals surface area (Å²) in [5, 5.41) is 33.2. The van der Waals surface area contributed by atoms with Crippen molar-refractivity contribution in [3.8, 4) is 5.75 Å². The summed E-state index contributed by atoms with van der Waals surface area (Å²) in [5.41, 5.74) is 8.82.